The Hall–Kier alpha value is -4.20. The van der Waals surface area contributed by atoms with Crippen molar-refractivity contribution in [2.45, 2.75) is 6.42 Å². The Morgan fingerprint density at radius 1 is 1.03 bits per heavy atom. The normalized spacial score (nSPS) is 10.9. The molecule has 8 nitrogen and oxygen atoms in total. The highest BCUT2D eigenvalue weighted by Gasteiger charge is 2.17. The van der Waals surface area contributed by atoms with Crippen molar-refractivity contribution in [3.63, 3.8) is 0 Å². The van der Waals surface area contributed by atoms with Crippen LogP contribution in [0, 0.1) is 0 Å². The molecule has 29 heavy (non-hydrogen) atoms. The van der Waals surface area contributed by atoms with Gasteiger partial charge in [0.05, 0.1) is 17.5 Å². The second-order valence-corrected chi connectivity index (χ2v) is 6.17. The van der Waals surface area contributed by atoms with Crippen molar-refractivity contribution in [1.29, 1.82) is 0 Å². The molecule has 0 aliphatic carbocycles. The molecule has 1 aromatic heterocycles. The van der Waals surface area contributed by atoms with Crippen LogP contribution in [0.1, 0.15) is 12.0 Å². The summed E-state index contributed by atoms with van der Waals surface area (Å²) in [6, 6.07) is 12.2. The fourth-order valence-electron chi connectivity index (χ4n) is 2.65. The van der Waals surface area contributed by atoms with Crippen LogP contribution in [0.3, 0.4) is 0 Å². The molecule has 1 heterocycles. The number of Topliss-reactive ketones (excluding diaryl/α,β-unsaturated/α-hetero) is 1. The first-order valence-electron chi connectivity index (χ1n) is 8.53. The molecule has 0 saturated heterocycles. The molecule has 0 unspecified atom stereocenters. The number of benzene rings is 2. The van der Waals surface area contributed by atoms with Crippen LogP contribution in [0.25, 0.3) is 17.0 Å². The van der Waals surface area contributed by atoms with E-state index in [0.29, 0.717) is 10.9 Å². The largest absolute Gasteiger partial charge is 0.508 e. The van der Waals surface area contributed by atoms with Gasteiger partial charge in [0.1, 0.15) is 11.5 Å². The summed E-state index contributed by atoms with van der Waals surface area (Å²) in [4.78, 5) is 50.5. The van der Waals surface area contributed by atoms with E-state index in [1.54, 1.807) is 24.3 Å². The number of fused-ring (bicyclic) bond motifs is 1. The van der Waals surface area contributed by atoms with Crippen LogP contribution in [0.4, 0.5) is 5.69 Å². The third kappa shape index (κ3) is 4.56. The highest BCUT2D eigenvalue weighted by atomic mass is 16.3. The van der Waals surface area contributed by atoms with Crippen LogP contribution in [0.2, 0.25) is 0 Å². The molecule has 4 N–H and O–H groups in total. The zero-order chi connectivity index (χ0) is 21.0. The number of aromatic nitrogens is 1. The van der Waals surface area contributed by atoms with Gasteiger partial charge in [-0.2, -0.15) is 0 Å². The summed E-state index contributed by atoms with van der Waals surface area (Å²) in [5.41, 5.74) is -0.0804. The van der Waals surface area contributed by atoms with E-state index >= 15 is 0 Å². The first-order chi connectivity index (χ1) is 13.8. The predicted molar refractivity (Wildman–Crippen MR) is 107 cm³/mol. The van der Waals surface area contributed by atoms with E-state index in [9.17, 15) is 29.4 Å². The fraction of sp³-hybridized carbons (Fsp3) is 0.0476. The van der Waals surface area contributed by atoms with Crippen molar-refractivity contribution in [3.8, 4) is 11.5 Å². The molecule has 146 valence electrons. The maximum atomic E-state index is 12.1. The number of allylic oxidation sites excluding steroid dienone is 1. The molecule has 3 rings (SSSR count). The summed E-state index contributed by atoms with van der Waals surface area (Å²) in [5, 5.41) is 22.3. The number of phenolic OH excluding ortho intramolecular Hbond substituents is 1. The van der Waals surface area contributed by atoms with Gasteiger partial charge in [0.15, 0.2) is 5.78 Å². The molecule has 3 aromatic rings. The Morgan fingerprint density at radius 3 is 2.55 bits per heavy atom. The molecule has 0 spiro atoms. The topological polar surface area (TPSA) is 137 Å². The molecule has 0 fully saturated rings. The third-order valence-corrected chi connectivity index (χ3v) is 4.06. The molecule has 0 aliphatic heterocycles. The monoisotopic (exact) mass is 392 g/mol. The van der Waals surface area contributed by atoms with Crippen LogP contribution >= 0.6 is 0 Å². The quantitative estimate of drug-likeness (QED) is 0.288. The number of H-pyrrole nitrogens is 1. The smallest absolute Gasteiger partial charge is 0.292 e. The number of para-hydroxylation sites is 1. The summed E-state index contributed by atoms with van der Waals surface area (Å²) in [5.74, 6) is -3.09. The summed E-state index contributed by atoms with van der Waals surface area (Å²) in [7, 11) is 0. The molecule has 0 bridgehead atoms. The van der Waals surface area contributed by atoms with Crippen molar-refractivity contribution in [2.24, 2.45) is 0 Å². The molecular formula is C21H16N2O6. The predicted octanol–water partition coefficient (Wildman–Crippen LogP) is 2.12. The van der Waals surface area contributed by atoms with E-state index < -0.39 is 29.5 Å². The van der Waals surface area contributed by atoms with Crippen molar-refractivity contribution in [2.75, 3.05) is 5.32 Å². The van der Waals surface area contributed by atoms with Gasteiger partial charge in [-0.25, -0.2) is 0 Å². The zero-order valence-electron chi connectivity index (χ0n) is 15.0. The Labute approximate surface area is 164 Å². The lowest BCUT2D eigenvalue weighted by molar-refractivity contribution is -0.136. The van der Waals surface area contributed by atoms with Crippen LogP contribution < -0.4 is 10.9 Å². The maximum absolute atomic E-state index is 12.1. The first kappa shape index (κ1) is 19.6. The second kappa shape index (κ2) is 8.22. The molecular weight excluding hydrogens is 376 g/mol. The van der Waals surface area contributed by atoms with Gasteiger partial charge in [0.25, 0.3) is 11.5 Å². The molecule has 8 heteroatoms. The Kier molecular flexibility index (Phi) is 5.54. The lowest BCUT2D eigenvalue weighted by Crippen LogP contribution is -2.24. The van der Waals surface area contributed by atoms with E-state index in [0.717, 1.165) is 12.2 Å². The first-order valence-corrected chi connectivity index (χ1v) is 8.53. The van der Waals surface area contributed by atoms with Crippen LogP contribution in [0.15, 0.2) is 59.4 Å². The number of hydrogen-bond acceptors (Lipinski definition) is 6. The molecule has 0 aliphatic rings. The number of carbonyl (C=O) groups excluding carboxylic acids is 3. The number of aromatic amines is 1. The van der Waals surface area contributed by atoms with Crippen molar-refractivity contribution < 1.29 is 24.6 Å². The number of ketones is 2. The summed E-state index contributed by atoms with van der Waals surface area (Å²) >= 11 is 0. The van der Waals surface area contributed by atoms with Gasteiger partial charge >= 0.3 is 0 Å². The Bertz CT molecular complexity index is 1210. The lowest BCUT2D eigenvalue weighted by Gasteiger charge is -2.04. The number of phenols is 1. The van der Waals surface area contributed by atoms with Gasteiger partial charge in [-0.1, -0.05) is 18.2 Å². The number of amides is 1. The van der Waals surface area contributed by atoms with Crippen LogP contribution in [0.5, 0.6) is 11.5 Å². The lowest BCUT2D eigenvalue weighted by atomic mass is 10.1. The van der Waals surface area contributed by atoms with Crippen molar-refractivity contribution >= 4 is 40.1 Å². The highest BCUT2D eigenvalue weighted by molar-refractivity contribution is 6.43. The molecule has 2 aromatic carbocycles. The van der Waals surface area contributed by atoms with Crippen LogP contribution in [-0.4, -0.2) is 32.7 Å². The second-order valence-electron chi connectivity index (χ2n) is 6.17. The summed E-state index contributed by atoms with van der Waals surface area (Å²) in [6.07, 6.45) is 1.34. The van der Waals surface area contributed by atoms with E-state index in [-0.39, 0.29) is 22.7 Å². The highest BCUT2D eigenvalue weighted by Crippen LogP contribution is 2.25. The standard InChI is InChI=1S/C21H16N2O6/c24-13-5-3-4-12(10-13)22-21(29)18(26)11-14(25)8-9-16-19(27)15-6-1-2-7-17(15)23-20(16)28/h1-10,24H,11H2,(H,22,29)(H2,23,27,28)/b9-8+. The number of rotatable bonds is 6. The maximum Gasteiger partial charge on any atom is 0.292 e. The van der Waals surface area contributed by atoms with Gasteiger partial charge in [-0.15, -0.1) is 0 Å². The van der Waals surface area contributed by atoms with Gasteiger partial charge in [-0.05, 0) is 36.4 Å². The third-order valence-electron chi connectivity index (χ3n) is 4.06. The van der Waals surface area contributed by atoms with Gasteiger partial charge in [0, 0.05) is 17.1 Å². The summed E-state index contributed by atoms with van der Waals surface area (Å²) in [6.45, 7) is 0. The minimum absolute atomic E-state index is 0.0883. The summed E-state index contributed by atoms with van der Waals surface area (Å²) < 4.78 is 0. The number of nitrogens with one attached hydrogen (secondary N) is 2. The molecule has 1 amide bonds. The van der Waals surface area contributed by atoms with Gasteiger partial charge < -0.3 is 20.5 Å². The number of anilines is 1. The minimum atomic E-state index is -1.01. The van der Waals surface area contributed by atoms with Crippen LogP contribution in [-0.2, 0) is 14.4 Å². The number of aromatic hydroxyl groups is 2. The minimum Gasteiger partial charge on any atom is -0.508 e. The number of pyridine rings is 1. The molecule has 0 atom stereocenters. The Balaban J connectivity index is 1.69. The van der Waals surface area contributed by atoms with Crippen molar-refractivity contribution in [3.05, 3.63) is 70.5 Å². The molecule has 0 saturated carbocycles. The van der Waals surface area contributed by atoms with E-state index in [2.05, 4.69) is 10.3 Å². The zero-order valence-corrected chi connectivity index (χ0v) is 15.0. The number of carbonyl (C=O) groups is 3. The van der Waals surface area contributed by atoms with Gasteiger partial charge in [-0.3, -0.25) is 19.2 Å². The SMILES string of the molecule is O=C(/C=C/c1c(O)c2ccccc2[nH]c1=O)CC(=O)C(=O)Nc1cccc(O)c1. The molecule has 0 radical (unpaired) electrons. The van der Waals surface area contributed by atoms with E-state index in [1.807, 2.05) is 0 Å². The van der Waals surface area contributed by atoms with Crippen molar-refractivity contribution in [1.82, 2.24) is 4.98 Å². The average Bonchev–Trinajstić information content (AvgIpc) is 2.67. The Morgan fingerprint density at radius 2 is 1.79 bits per heavy atom. The van der Waals surface area contributed by atoms with Gasteiger partial charge in [0.2, 0.25) is 5.78 Å². The number of hydrogen-bond donors (Lipinski definition) is 4. The fourth-order valence-corrected chi connectivity index (χ4v) is 2.65. The van der Waals surface area contributed by atoms with E-state index in [4.69, 9.17) is 0 Å². The average molecular weight is 392 g/mol. The van der Waals surface area contributed by atoms with E-state index in [1.165, 1.54) is 24.3 Å².